The van der Waals surface area contributed by atoms with Crippen molar-refractivity contribution in [1.29, 1.82) is 0 Å². The van der Waals surface area contributed by atoms with E-state index in [9.17, 15) is 0 Å². The molecule has 0 radical (unpaired) electrons. The Morgan fingerprint density at radius 1 is 1.04 bits per heavy atom. The number of aromatic nitrogens is 1. The first-order chi connectivity index (χ1) is 12.8. The number of pyridine rings is 1. The van der Waals surface area contributed by atoms with Gasteiger partial charge in [-0.3, -0.25) is 4.98 Å². The van der Waals surface area contributed by atoms with E-state index in [0.29, 0.717) is 13.1 Å². The van der Waals surface area contributed by atoms with Gasteiger partial charge in [0.05, 0.1) is 13.7 Å². The van der Waals surface area contributed by atoms with Crippen LogP contribution in [0.5, 0.6) is 5.75 Å². The second-order valence-electron chi connectivity index (χ2n) is 5.70. The predicted molar refractivity (Wildman–Crippen MR) is 104 cm³/mol. The molecule has 6 heteroatoms. The van der Waals surface area contributed by atoms with Gasteiger partial charge in [-0.1, -0.05) is 12.1 Å². The van der Waals surface area contributed by atoms with Crippen molar-refractivity contribution < 1.29 is 9.47 Å². The predicted octanol–water partition coefficient (Wildman–Crippen LogP) is 2.75. The van der Waals surface area contributed by atoms with Crippen LogP contribution in [0.3, 0.4) is 0 Å². The van der Waals surface area contributed by atoms with Gasteiger partial charge in [-0.15, -0.1) is 0 Å². The minimum absolute atomic E-state index is 0.598. The maximum absolute atomic E-state index is 5.38. The van der Waals surface area contributed by atoms with Gasteiger partial charge in [-0.25, -0.2) is 4.99 Å². The third-order valence-corrected chi connectivity index (χ3v) is 3.75. The summed E-state index contributed by atoms with van der Waals surface area (Å²) in [6.45, 7) is 5.61. The summed E-state index contributed by atoms with van der Waals surface area (Å²) in [7, 11) is 1.67. The first-order valence-electron chi connectivity index (χ1n) is 8.93. The Hall–Kier alpha value is -2.60. The largest absolute Gasteiger partial charge is 0.497 e. The molecule has 0 spiro atoms. The molecule has 0 saturated heterocycles. The zero-order valence-corrected chi connectivity index (χ0v) is 15.6. The third-order valence-electron chi connectivity index (χ3n) is 3.75. The fourth-order valence-electron chi connectivity index (χ4n) is 2.29. The van der Waals surface area contributed by atoms with Gasteiger partial charge in [-0.05, 0) is 48.7 Å². The van der Waals surface area contributed by atoms with Crippen molar-refractivity contribution in [3.05, 3.63) is 59.9 Å². The highest BCUT2D eigenvalue weighted by molar-refractivity contribution is 5.79. The van der Waals surface area contributed by atoms with Gasteiger partial charge in [0.2, 0.25) is 0 Å². The van der Waals surface area contributed by atoms with Gasteiger partial charge in [0.1, 0.15) is 5.75 Å². The number of ether oxygens (including phenoxy) is 2. The summed E-state index contributed by atoms with van der Waals surface area (Å²) < 4.78 is 10.6. The molecule has 1 aromatic carbocycles. The molecule has 0 saturated carbocycles. The first-order valence-corrected chi connectivity index (χ1v) is 8.93. The van der Waals surface area contributed by atoms with Gasteiger partial charge in [-0.2, -0.15) is 0 Å². The number of hydrogen-bond donors (Lipinski definition) is 2. The number of rotatable bonds is 10. The highest BCUT2D eigenvalue weighted by atomic mass is 16.5. The van der Waals surface area contributed by atoms with Crippen LogP contribution in [0.25, 0.3) is 0 Å². The summed E-state index contributed by atoms with van der Waals surface area (Å²) in [5.41, 5.74) is 2.29. The SMILES string of the molecule is CCOCCCNC(=NCc1ccc(OC)cc1)NCc1ccncc1. The van der Waals surface area contributed by atoms with E-state index in [-0.39, 0.29) is 0 Å². The van der Waals surface area contributed by atoms with E-state index in [4.69, 9.17) is 9.47 Å². The molecule has 0 aliphatic rings. The molecular weight excluding hydrogens is 328 g/mol. The second-order valence-corrected chi connectivity index (χ2v) is 5.70. The Kier molecular flexibility index (Phi) is 9.00. The molecule has 2 N–H and O–H groups in total. The van der Waals surface area contributed by atoms with Crippen LogP contribution in [0.2, 0.25) is 0 Å². The molecule has 0 aliphatic heterocycles. The van der Waals surface area contributed by atoms with Gasteiger partial charge in [0, 0.05) is 38.7 Å². The molecule has 0 unspecified atom stereocenters. The molecule has 0 amide bonds. The Labute approximate surface area is 155 Å². The van der Waals surface area contributed by atoms with E-state index in [1.807, 2.05) is 43.3 Å². The van der Waals surface area contributed by atoms with E-state index in [1.165, 1.54) is 0 Å². The Bertz CT molecular complexity index is 645. The molecule has 140 valence electrons. The number of methoxy groups -OCH3 is 1. The van der Waals surface area contributed by atoms with Crippen LogP contribution in [0, 0.1) is 0 Å². The summed E-state index contributed by atoms with van der Waals surface area (Å²) in [5.74, 6) is 1.64. The molecule has 2 aromatic rings. The van der Waals surface area contributed by atoms with E-state index < -0.39 is 0 Å². The maximum Gasteiger partial charge on any atom is 0.191 e. The number of aliphatic imine (C=N–C) groups is 1. The molecule has 0 bridgehead atoms. The van der Waals surface area contributed by atoms with Crippen molar-refractivity contribution in [2.45, 2.75) is 26.4 Å². The Balaban J connectivity index is 1.91. The second kappa shape index (κ2) is 11.9. The van der Waals surface area contributed by atoms with Crippen molar-refractivity contribution in [3.63, 3.8) is 0 Å². The summed E-state index contributed by atoms with van der Waals surface area (Å²) in [4.78, 5) is 8.72. The molecule has 0 fully saturated rings. The molecule has 1 aromatic heterocycles. The molecule has 26 heavy (non-hydrogen) atoms. The lowest BCUT2D eigenvalue weighted by Gasteiger charge is -2.13. The van der Waals surface area contributed by atoms with Crippen LogP contribution in [0.15, 0.2) is 53.8 Å². The van der Waals surface area contributed by atoms with Gasteiger partial charge in [0.15, 0.2) is 5.96 Å². The molecule has 1 heterocycles. The van der Waals surface area contributed by atoms with Crippen LogP contribution >= 0.6 is 0 Å². The van der Waals surface area contributed by atoms with Crippen LogP contribution in [0.4, 0.5) is 0 Å². The number of nitrogens with one attached hydrogen (secondary N) is 2. The Morgan fingerprint density at radius 3 is 2.50 bits per heavy atom. The van der Waals surface area contributed by atoms with Crippen LogP contribution in [0.1, 0.15) is 24.5 Å². The van der Waals surface area contributed by atoms with Crippen molar-refractivity contribution in [2.24, 2.45) is 4.99 Å². The standard InChI is InChI=1S/C20H28N4O2/c1-3-26-14-4-11-22-20(24-16-18-9-12-21-13-10-18)23-15-17-5-7-19(25-2)8-6-17/h5-10,12-13H,3-4,11,14-16H2,1-2H3,(H2,22,23,24). The minimum Gasteiger partial charge on any atom is -0.497 e. The topological polar surface area (TPSA) is 67.8 Å². The minimum atomic E-state index is 0.598. The van der Waals surface area contributed by atoms with Crippen LogP contribution in [-0.4, -0.2) is 37.8 Å². The summed E-state index contributed by atoms with van der Waals surface area (Å²) >= 11 is 0. The van der Waals surface area contributed by atoms with E-state index in [0.717, 1.165) is 49.0 Å². The van der Waals surface area contributed by atoms with E-state index >= 15 is 0 Å². The normalized spacial score (nSPS) is 11.2. The van der Waals surface area contributed by atoms with Crippen molar-refractivity contribution in [1.82, 2.24) is 15.6 Å². The van der Waals surface area contributed by atoms with Crippen molar-refractivity contribution in [3.8, 4) is 5.75 Å². The maximum atomic E-state index is 5.38. The van der Waals surface area contributed by atoms with Gasteiger partial charge in [0.25, 0.3) is 0 Å². The molecular formula is C20H28N4O2. The first kappa shape index (κ1) is 19.7. The fourth-order valence-corrected chi connectivity index (χ4v) is 2.29. The van der Waals surface area contributed by atoms with Crippen molar-refractivity contribution in [2.75, 3.05) is 26.9 Å². The number of hydrogen-bond acceptors (Lipinski definition) is 4. The quantitative estimate of drug-likeness (QED) is 0.389. The summed E-state index contributed by atoms with van der Waals surface area (Å²) in [6, 6.07) is 11.9. The average molecular weight is 356 g/mol. The fraction of sp³-hybridized carbons (Fsp3) is 0.400. The average Bonchev–Trinajstić information content (AvgIpc) is 2.70. The lowest BCUT2D eigenvalue weighted by Crippen LogP contribution is -2.37. The summed E-state index contributed by atoms with van der Waals surface area (Å²) in [6.07, 6.45) is 4.52. The monoisotopic (exact) mass is 356 g/mol. The molecule has 0 atom stereocenters. The highest BCUT2D eigenvalue weighted by Gasteiger charge is 2.00. The molecule has 2 rings (SSSR count). The van der Waals surface area contributed by atoms with Crippen LogP contribution < -0.4 is 15.4 Å². The number of guanidine groups is 1. The van der Waals surface area contributed by atoms with E-state index in [2.05, 4.69) is 20.6 Å². The number of nitrogens with zero attached hydrogens (tertiary/aromatic N) is 2. The smallest absolute Gasteiger partial charge is 0.191 e. The number of benzene rings is 1. The zero-order chi connectivity index (χ0) is 18.5. The Morgan fingerprint density at radius 2 is 1.81 bits per heavy atom. The van der Waals surface area contributed by atoms with Gasteiger partial charge >= 0.3 is 0 Å². The third kappa shape index (κ3) is 7.53. The van der Waals surface area contributed by atoms with Crippen molar-refractivity contribution >= 4 is 5.96 Å². The van der Waals surface area contributed by atoms with E-state index in [1.54, 1.807) is 19.5 Å². The zero-order valence-electron chi connectivity index (χ0n) is 15.6. The summed E-state index contributed by atoms with van der Waals surface area (Å²) in [5, 5.41) is 6.73. The lowest BCUT2D eigenvalue weighted by molar-refractivity contribution is 0.145. The highest BCUT2D eigenvalue weighted by Crippen LogP contribution is 2.11. The molecule has 0 aliphatic carbocycles. The van der Waals surface area contributed by atoms with Gasteiger partial charge < -0.3 is 20.1 Å². The molecule has 6 nitrogen and oxygen atoms in total. The van der Waals surface area contributed by atoms with Crippen LogP contribution in [-0.2, 0) is 17.8 Å². The lowest BCUT2D eigenvalue weighted by atomic mass is 10.2.